The van der Waals surface area contributed by atoms with E-state index < -0.39 is 0 Å². The summed E-state index contributed by atoms with van der Waals surface area (Å²) in [5.41, 5.74) is 0.899. The Bertz CT molecular complexity index is 508. The highest BCUT2D eigenvalue weighted by Gasteiger charge is 2.02. The van der Waals surface area contributed by atoms with Crippen molar-refractivity contribution in [3.63, 3.8) is 0 Å². The third-order valence-corrected chi connectivity index (χ3v) is 2.15. The number of ether oxygens (including phenoxy) is 2. The average Bonchev–Trinajstić information content (AvgIpc) is 2.89. The molecular formula is C11H12N4O2. The van der Waals surface area contributed by atoms with Gasteiger partial charge in [-0.15, -0.1) is 10.2 Å². The summed E-state index contributed by atoms with van der Waals surface area (Å²) in [6.07, 6.45) is 4.71. The topological polar surface area (TPSA) is 61.5 Å². The second kappa shape index (κ2) is 5.11. The zero-order valence-corrected chi connectivity index (χ0v) is 9.57. The van der Waals surface area contributed by atoms with E-state index in [-0.39, 0.29) is 0 Å². The molecule has 88 valence electrons. The maximum Gasteiger partial charge on any atom is 0.161 e. The smallest absolute Gasteiger partial charge is 0.161 e. The van der Waals surface area contributed by atoms with Gasteiger partial charge in [0.25, 0.3) is 0 Å². The number of rotatable bonds is 4. The number of methoxy groups -OCH3 is 2. The predicted octanol–water partition coefficient (Wildman–Crippen LogP) is 1.18. The van der Waals surface area contributed by atoms with Crippen molar-refractivity contribution >= 4 is 6.21 Å². The van der Waals surface area contributed by atoms with Crippen LogP contribution < -0.4 is 9.47 Å². The summed E-state index contributed by atoms with van der Waals surface area (Å²) >= 11 is 0. The summed E-state index contributed by atoms with van der Waals surface area (Å²) in [6, 6.07) is 5.55. The van der Waals surface area contributed by atoms with Gasteiger partial charge in [0.15, 0.2) is 11.5 Å². The molecule has 0 fully saturated rings. The van der Waals surface area contributed by atoms with Crippen LogP contribution in [0.2, 0.25) is 0 Å². The van der Waals surface area contributed by atoms with E-state index in [2.05, 4.69) is 15.3 Å². The SMILES string of the molecule is COc1ccc(/C=N/n2cnnc2)cc1OC. The van der Waals surface area contributed by atoms with Crippen LogP contribution in [0.4, 0.5) is 0 Å². The minimum Gasteiger partial charge on any atom is -0.493 e. The van der Waals surface area contributed by atoms with Gasteiger partial charge in [-0.1, -0.05) is 0 Å². The molecule has 1 aromatic heterocycles. The first-order valence-corrected chi connectivity index (χ1v) is 4.94. The molecule has 17 heavy (non-hydrogen) atoms. The predicted molar refractivity (Wildman–Crippen MR) is 62.6 cm³/mol. The fraction of sp³-hybridized carbons (Fsp3) is 0.182. The van der Waals surface area contributed by atoms with Crippen LogP contribution >= 0.6 is 0 Å². The molecule has 0 spiro atoms. The van der Waals surface area contributed by atoms with E-state index >= 15 is 0 Å². The molecule has 0 saturated heterocycles. The largest absolute Gasteiger partial charge is 0.493 e. The van der Waals surface area contributed by atoms with Gasteiger partial charge in [0.05, 0.1) is 20.4 Å². The third kappa shape index (κ3) is 2.60. The van der Waals surface area contributed by atoms with Crippen LogP contribution in [0.5, 0.6) is 11.5 Å². The monoisotopic (exact) mass is 232 g/mol. The zero-order chi connectivity index (χ0) is 12.1. The minimum atomic E-state index is 0.667. The Morgan fingerprint density at radius 2 is 1.82 bits per heavy atom. The van der Waals surface area contributed by atoms with Gasteiger partial charge in [-0.25, -0.2) is 4.68 Å². The number of hydrogen-bond donors (Lipinski definition) is 0. The first-order valence-electron chi connectivity index (χ1n) is 4.94. The summed E-state index contributed by atoms with van der Waals surface area (Å²) < 4.78 is 11.9. The van der Waals surface area contributed by atoms with Gasteiger partial charge in [0.1, 0.15) is 12.7 Å². The molecule has 2 rings (SSSR count). The Labute approximate surface area is 98.5 Å². The lowest BCUT2D eigenvalue weighted by atomic mass is 10.2. The molecule has 0 atom stereocenters. The van der Waals surface area contributed by atoms with Gasteiger partial charge in [-0.05, 0) is 23.8 Å². The Hall–Kier alpha value is -2.37. The van der Waals surface area contributed by atoms with Crippen LogP contribution in [0, 0.1) is 0 Å². The lowest BCUT2D eigenvalue weighted by molar-refractivity contribution is 0.355. The van der Waals surface area contributed by atoms with Gasteiger partial charge in [0, 0.05) is 0 Å². The van der Waals surface area contributed by atoms with Gasteiger partial charge in [0.2, 0.25) is 0 Å². The molecular weight excluding hydrogens is 220 g/mol. The molecule has 1 aromatic carbocycles. The van der Waals surface area contributed by atoms with Crippen molar-refractivity contribution < 1.29 is 9.47 Å². The summed E-state index contributed by atoms with van der Waals surface area (Å²) in [5, 5.41) is 11.4. The summed E-state index contributed by atoms with van der Waals surface area (Å²) in [5.74, 6) is 1.36. The summed E-state index contributed by atoms with van der Waals surface area (Å²) in [4.78, 5) is 0. The fourth-order valence-electron chi connectivity index (χ4n) is 1.32. The minimum absolute atomic E-state index is 0.667. The Morgan fingerprint density at radius 3 is 2.47 bits per heavy atom. The van der Waals surface area contributed by atoms with Crippen molar-refractivity contribution in [3.8, 4) is 11.5 Å². The number of aromatic nitrogens is 3. The van der Waals surface area contributed by atoms with Crippen molar-refractivity contribution in [1.82, 2.24) is 14.9 Å². The lowest BCUT2D eigenvalue weighted by Gasteiger charge is -2.07. The fourth-order valence-corrected chi connectivity index (χ4v) is 1.32. The molecule has 1 heterocycles. The Kier molecular flexibility index (Phi) is 3.34. The zero-order valence-electron chi connectivity index (χ0n) is 9.57. The highest BCUT2D eigenvalue weighted by molar-refractivity contribution is 5.80. The summed E-state index contributed by atoms with van der Waals surface area (Å²) in [6.45, 7) is 0. The normalized spacial score (nSPS) is 10.7. The quantitative estimate of drug-likeness (QED) is 0.742. The number of hydrogen-bond acceptors (Lipinski definition) is 5. The van der Waals surface area contributed by atoms with Gasteiger partial charge < -0.3 is 9.47 Å². The first kappa shape index (κ1) is 11.1. The van der Waals surface area contributed by atoms with Crippen molar-refractivity contribution in [1.29, 1.82) is 0 Å². The summed E-state index contributed by atoms with van der Waals surface area (Å²) in [7, 11) is 3.20. The maximum absolute atomic E-state index is 5.20. The van der Waals surface area contributed by atoms with E-state index in [9.17, 15) is 0 Å². The van der Waals surface area contributed by atoms with Crippen molar-refractivity contribution in [3.05, 3.63) is 36.4 Å². The van der Waals surface area contributed by atoms with Crippen molar-refractivity contribution in [2.24, 2.45) is 5.10 Å². The van der Waals surface area contributed by atoms with Crippen molar-refractivity contribution in [2.45, 2.75) is 0 Å². The van der Waals surface area contributed by atoms with E-state index in [1.54, 1.807) is 20.4 Å². The highest BCUT2D eigenvalue weighted by Crippen LogP contribution is 2.26. The van der Waals surface area contributed by atoms with Gasteiger partial charge >= 0.3 is 0 Å². The van der Waals surface area contributed by atoms with Crippen LogP contribution in [0.3, 0.4) is 0 Å². The lowest BCUT2D eigenvalue weighted by Crippen LogP contribution is -1.93. The molecule has 6 nitrogen and oxygen atoms in total. The molecule has 6 heteroatoms. The molecule has 0 aliphatic rings. The van der Waals surface area contributed by atoms with Gasteiger partial charge in [-0.3, -0.25) is 0 Å². The van der Waals surface area contributed by atoms with Crippen molar-refractivity contribution in [2.75, 3.05) is 14.2 Å². The first-order chi connectivity index (χ1) is 8.33. The van der Waals surface area contributed by atoms with E-state index in [1.807, 2.05) is 18.2 Å². The molecule has 0 amide bonds. The average molecular weight is 232 g/mol. The third-order valence-electron chi connectivity index (χ3n) is 2.15. The second-order valence-electron chi connectivity index (χ2n) is 3.20. The van der Waals surface area contributed by atoms with E-state index in [1.165, 1.54) is 17.3 Å². The Balaban J connectivity index is 2.22. The molecule has 0 bridgehead atoms. The van der Waals surface area contributed by atoms with E-state index in [4.69, 9.17) is 9.47 Å². The molecule has 0 N–H and O–H groups in total. The molecule has 0 aliphatic heterocycles. The van der Waals surface area contributed by atoms with Crippen LogP contribution in [-0.2, 0) is 0 Å². The van der Waals surface area contributed by atoms with Crippen LogP contribution in [0.25, 0.3) is 0 Å². The van der Waals surface area contributed by atoms with Crippen LogP contribution in [0.15, 0.2) is 36.0 Å². The van der Waals surface area contributed by atoms with E-state index in [0.717, 1.165) is 5.56 Å². The second-order valence-corrected chi connectivity index (χ2v) is 3.20. The van der Waals surface area contributed by atoms with E-state index in [0.29, 0.717) is 11.5 Å². The maximum atomic E-state index is 5.20. The Morgan fingerprint density at radius 1 is 1.12 bits per heavy atom. The van der Waals surface area contributed by atoms with Crippen LogP contribution in [0.1, 0.15) is 5.56 Å². The van der Waals surface area contributed by atoms with Gasteiger partial charge in [-0.2, -0.15) is 5.10 Å². The molecule has 2 aromatic rings. The number of nitrogens with zero attached hydrogens (tertiary/aromatic N) is 4. The van der Waals surface area contributed by atoms with Crippen LogP contribution in [-0.4, -0.2) is 35.3 Å². The molecule has 0 aliphatic carbocycles. The molecule has 0 radical (unpaired) electrons. The standard InChI is InChI=1S/C11H12N4O2/c1-16-10-4-3-9(5-11(10)17-2)6-14-15-7-12-13-8-15/h3-8H,1-2H3/b14-6+. The highest BCUT2D eigenvalue weighted by atomic mass is 16.5. The number of benzene rings is 1. The molecule has 0 saturated carbocycles. The molecule has 0 unspecified atom stereocenters.